The van der Waals surface area contributed by atoms with Crippen molar-refractivity contribution in [2.75, 3.05) is 0 Å². The van der Waals surface area contributed by atoms with Crippen LogP contribution < -0.4 is 10.2 Å². The number of alkyl halides is 1. The Hall–Kier alpha value is -0.813. The van der Waals surface area contributed by atoms with Crippen molar-refractivity contribution in [3.05, 3.63) is 29.3 Å². The van der Waals surface area contributed by atoms with Gasteiger partial charge in [0.25, 0.3) is 0 Å². The van der Waals surface area contributed by atoms with E-state index in [1.54, 1.807) is 12.1 Å². The molecular weight excluding hydrogens is 322 g/mol. The second-order valence-corrected chi connectivity index (χ2v) is 11.5. The average Bonchev–Trinajstić information content (AvgIpc) is 2.26. The van der Waals surface area contributed by atoms with Gasteiger partial charge in [0.2, 0.25) is 14.2 Å². The van der Waals surface area contributed by atoms with Crippen molar-refractivity contribution in [2.24, 2.45) is 5.73 Å². The monoisotopic (exact) mass is 343 g/mol. The summed E-state index contributed by atoms with van der Waals surface area (Å²) in [5, 5.41) is 0.801. The van der Waals surface area contributed by atoms with Gasteiger partial charge < -0.3 is 10.2 Å². The summed E-state index contributed by atoms with van der Waals surface area (Å²) in [4.78, 5) is 11.3. The van der Waals surface area contributed by atoms with Crippen molar-refractivity contribution in [1.29, 1.82) is 0 Å². The van der Waals surface area contributed by atoms with Crippen molar-refractivity contribution >= 4 is 30.2 Å². The van der Waals surface area contributed by atoms with Gasteiger partial charge in [-0.15, -0.1) is 0 Å². The van der Waals surface area contributed by atoms with Crippen molar-refractivity contribution < 1.29 is 9.22 Å². The second-order valence-electron chi connectivity index (χ2n) is 6.18. The highest BCUT2D eigenvalue weighted by molar-refractivity contribution is 9.08. The van der Waals surface area contributed by atoms with E-state index in [4.69, 9.17) is 10.2 Å². The van der Waals surface area contributed by atoms with Crippen LogP contribution in [0.2, 0.25) is 18.1 Å². The smallest absolute Gasteiger partial charge is 0.250 e. The van der Waals surface area contributed by atoms with Gasteiger partial charge in [-0.05, 0) is 30.3 Å². The molecule has 1 amide bonds. The van der Waals surface area contributed by atoms with Crippen LogP contribution in [0.15, 0.2) is 18.2 Å². The molecule has 0 radical (unpaired) electrons. The number of carbonyl (C=O) groups is 1. The number of benzene rings is 1. The number of hydrogen-bond donors (Lipinski definition) is 1. The summed E-state index contributed by atoms with van der Waals surface area (Å²) < 4.78 is 6.28. The van der Waals surface area contributed by atoms with Gasteiger partial charge in [-0.2, -0.15) is 0 Å². The van der Waals surface area contributed by atoms with Crippen molar-refractivity contribution in [1.82, 2.24) is 0 Å². The predicted octanol–water partition coefficient (Wildman–Crippen LogP) is 4.06. The van der Waals surface area contributed by atoms with Gasteiger partial charge in [0.1, 0.15) is 5.75 Å². The Kier molecular flexibility index (Phi) is 4.85. The Morgan fingerprint density at radius 1 is 1.37 bits per heavy atom. The molecular formula is C14H22BrNO2Si. The summed E-state index contributed by atoms with van der Waals surface area (Å²) >= 11 is 3.45. The Morgan fingerprint density at radius 2 is 1.95 bits per heavy atom. The Labute approximate surface area is 124 Å². The van der Waals surface area contributed by atoms with Crippen molar-refractivity contribution in [3.8, 4) is 5.75 Å². The fourth-order valence-corrected chi connectivity index (χ4v) is 2.85. The molecule has 0 saturated carbocycles. The predicted molar refractivity (Wildman–Crippen MR) is 85.4 cm³/mol. The van der Waals surface area contributed by atoms with Crippen LogP contribution in [0.4, 0.5) is 0 Å². The largest absolute Gasteiger partial charge is 0.543 e. The molecule has 0 spiro atoms. The zero-order valence-corrected chi connectivity index (χ0v) is 14.8. The van der Waals surface area contributed by atoms with E-state index < -0.39 is 14.2 Å². The normalized spacial score (nSPS) is 12.3. The van der Waals surface area contributed by atoms with Crippen LogP contribution in [-0.2, 0) is 5.33 Å². The maximum Gasteiger partial charge on any atom is 0.250 e. The van der Waals surface area contributed by atoms with Crippen LogP contribution in [0.25, 0.3) is 0 Å². The number of halogens is 1. The SMILES string of the molecule is CC(C)(C)[Si](C)(C)Oc1cc(C(N)=O)ccc1CBr. The number of amides is 1. The van der Waals surface area contributed by atoms with E-state index in [-0.39, 0.29) is 5.04 Å². The lowest BCUT2D eigenvalue weighted by atomic mass is 10.1. The molecule has 0 aliphatic heterocycles. The van der Waals surface area contributed by atoms with E-state index >= 15 is 0 Å². The molecule has 2 N–H and O–H groups in total. The zero-order valence-electron chi connectivity index (χ0n) is 12.2. The highest BCUT2D eigenvalue weighted by Crippen LogP contribution is 2.38. The molecule has 0 atom stereocenters. The lowest BCUT2D eigenvalue weighted by Crippen LogP contribution is -2.44. The Balaban J connectivity index is 3.18. The average molecular weight is 344 g/mol. The molecule has 0 aliphatic carbocycles. The number of rotatable bonds is 4. The summed E-state index contributed by atoms with van der Waals surface area (Å²) in [6.45, 7) is 10.9. The third-order valence-electron chi connectivity index (χ3n) is 3.67. The fraction of sp³-hybridized carbons (Fsp3) is 0.500. The van der Waals surface area contributed by atoms with Crippen LogP contribution in [0.3, 0.4) is 0 Å². The zero-order chi connectivity index (χ0) is 14.8. The van der Waals surface area contributed by atoms with Gasteiger partial charge in [0.15, 0.2) is 0 Å². The van der Waals surface area contributed by atoms with E-state index in [0.29, 0.717) is 10.9 Å². The first-order valence-electron chi connectivity index (χ1n) is 6.26. The lowest BCUT2D eigenvalue weighted by molar-refractivity contribution is 0.1000. The van der Waals surface area contributed by atoms with E-state index in [9.17, 15) is 4.79 Å². The van der Waals surface area contributed by atoms with Gasteiger partial charge >= 0.3 is 0 Å². The molecule has 1 aromatic rings. The molecule has 0 aliphatic rings. The summed E-state index contributed by atoms with van der Waals surface area (Å²) in [6.07, 6.45) is 0. The minimum atomic E-state index is -1.92. The van der Waals surface area contributed by atoms with Gasteiger partial charge in [0, 0.05) is 16.5 Å². The topological polar surface area (TPSA) is 52.3 Å². The summed E-state index contributed by atoms with van der Waals surface area (Å²) in [5.74, 6) is 0.334. The third kappa shape index (κ3) is 3.83. The highest BCUT2D eigenvalue weighted by atomic mass is 79.9. The first kappa shape index (κ1) is 16.2. The third-order valence-corrected chi connectivity index (χ3v) is 8.61. The molecule has 0 bridgehead atoms. The number of nitrogens with two attached hydrogens (primary N) is 1. The molecule has 0 unspecified atom stereocenters. The molecule has 1 aromatic carbocycles. The van der Waals surface area contributed by atoms with E-state index in [0.717, 1.165) is 11.3 Å². The summed E-state index contributed by atoms with van der Waals surface area (Å²) in [5.41, 5.74) is 6.85. The number of primary amides is 1. The molecule has 3 nitrogen and oxygen atoms in total. The van der Waals surface area contributed by atoms with Gasteiger partial charge in [-0.1, -0.05) is 42.8 Å². The quantitative estimate of drug-likeness (QED) is 0.661. The van der Waals surface area contributed by atoms with Crippen LogP contribution in [-0.4, -0.2) is 14.2 Å². The van der Waals surface area contributed by atoms with E-state index in [1.165, 1.54) is 0 Å². The van der Waals surface area contributed by atoms with Gasteiger partial charge in [-0.3, -0.25) is 4.79 Å². The number of hydrogen-bond acceptors (Lipinski definition) is 2. The van der Waals surface area contributed by atoms with Crippen LogP contribution in [0.5, 0.6) is 5.75 Å². The highest BCUT2D eigenvalue weighted by Gasteiger charge is 2.39. The molecule has 0 saturated heterocycles. The Morgan fingerprint density at radius 3 is 2.37 bits per heavy atom. The molecule has 0 aromatic heterocycles. The lowest BCUT2D eigenvalue weighted by Gasteiger charge is -2.37. The van der Waals surface area contributed by atoms with Crippen LogP contribution in [0.1, 0.15) is 36.7 Å². The van der Waals surface area contributed by atoms with Crippen molar-refractivity contribution in [2.45, 2.75) is 44.2 Å². The molecule has 5 heteroatoms. The number of carbonyl (C=O) groups excluding carboxylic acids is 1. The molecule has 0 fully saturated rings. The summed E-state index contributed by atoms with van der Waals surface area (Å²) in [7, 11) is -1.92. The maximum atomic E-state index is 11.3. The minimum Gasteiger partial charge on any atom is -0.543 e. The molecule has 106 valence electrons. The second kappa shape index (κ2) is 5.67. The molecule has 19 heavy (non-hydrogen) atoms. The van der Waals surface area contributed by atoms with Gasteiger partial charge in [-0.25, -0.2) is 0 Å². The first-order chi connectivity index (χ1) is 8.58. The first-order valence-corrected chi connectivity index (χ1v) is 10.3. The molecule has 0 heterocycles. The van der Waals surface area contributed by atoms with Crippen LogP contribution >= 0.6 is 15.9 Å². The maximum absolute atomic E-state index is 11.3. The Bertz CT molecular complexity index is 481. The van der Waals surface area contributed by atoms with Crippen LogP contribution in [0, 0.1) is 0 Å². The standard InChI is InChI=1S/C14H22BrNO2Si/c1-14(2,3)19(4,5)18-12-8-10(13(16)17)6-7-11(12)9-15/h6-8H,9H2,1-5H3,(H2,16,17). The van der Waals surface area contributed by atoms with E-state index in [2.05, 4.69) is 49.8 Å². The molecule has 1 rings (SSSR count). The van der Waals surface area contributed by atoms with E-state index in [1.807, 2.05) is 6.07 Å². The van der Waals surface area contributed by atoms with Crippen molar-refractivity contribution in [3.63, 3.8) is 0 Å². The van der Waals surface area contributed by atoms with Gasteiger partial charge in [0.05, 0.1) is 0 Å². The summed E-state index contributed by atoms with van der Waals surface area (Å²) in [6, 6.07) is 5.37. The fourth-order valence-electron chi connectivity index (χ4n) is 1.34. The minimum absolute atomic E-state index is 0.110.